The van der Waals surface area contributed by atoms with Crippen molar-refractivity contribution in [1.29, 1.82) is 0 Å². The maximum atomic E-state index is 12.6. The second kappa shape index (κ2) is 7.10. The lowest BCUT2D eigenvalue weighted by atomic mass is 9.85. The molecule has 1 amide bonds. The van der Waals surface area contributed by atoms with Crippen LogP contribution in [0.4, 0.5) is 0 Å². The second-order valence-electron chi connectivity index (χ2n) is 6.29. The number of hydrogen-bond acceptors (Lipinski definition) is 3. The third-order valence-corrected chi connectivity index (χ3v) is 5.07. The van der Waals surface area contributed by atoms with Crippen LogP contribution in [0.2, 0.25) is 0 Å². The molecule has 4 unspecified atom stereocenters. The largest absolute Gasteiger partial charge is 0.375 e. The molecule has 3 rings (SSSR count). The van der Waals surface area contributed by atoms with E-state index in [2.05, 4.69) is 12.2 Å². The minimum absolute atomic E-state index is 0. The normalized spacial score (nSPS) is 37.1. The van der Waals surface area contributed by atoms with Crippen LogP contribution in [0.5, 0.6) is 0 Å². The molecule has 20 heavy (non-hydrogen) atoms. The number of rotatable bonds is 2. The van der Waals surface area contributed by atoms with E-state index in [9.17, 15) is 4.79 Å². The molecule has 3 fully saturated rings. The summed E-state index contributed by atoms with van der Waals surface area (Å²) in [5, 5.41) is 3.59. The van der Waals surface area contributed by atoms with Gasteiger partial charge >= 0.3 is 0 Å². The van der Waals surface area contributed by atoms with Crippen molar-refractivity contribution in [3.05, 3.63) is 0 Å². The van der Waals surface area contributed by atoms with Crippen LogP contribution in [-0.2, 0) is 9.53 Å². The molecule has 2 aliphatic heterocycles. The van der Waals surface area contributed by atoms with E-state index in [4.69, 9.17) is 4.74 Å². The highest BCUT2D eigenvalue weighted by Crippen LogP contribution is 2.33. The lowest BCUT2D eigenvalue weighted by Crippen LogP contribution is -2.51. The first-order valence-corrected chi connectivity index (χ1v) is 7.94. The Morgan fingerprint density at radius 1 is 1.35 bits per heavy atom. The smallest absolute Gasteiger partial charge is 0.239 e. The lowest BCUT2D eigenvalue weighted by Gasteiger charge is -2.34. The quantitative estimate of drug-likeness (QED) is 0.848. The van der Waals surface area contributed by atoms with Crippen LogP contribution in [0, 0.1) is 5.92 Å². The van der Waals surface area contributed by atoms with Crippen molar-refractivity contribution in [2.75, 3.05) is 19.7 Å². The zero-order valence-corrected chi connectivity index (χ0v) is 13.2. The number of carbonyl (C=O) groups excluding carboxylic acids is 1. The SMILES string of the molecule is CCC1CN(C(=O)C2CC3CCCCC3N2)CCO1.Cl. The summed E-state index contributed by atoms with van der Waals surface area (Å²) in [5.74, 6) is 1.06. The maximum Gasteiger partial charge on any atom is 0.239 e. The van der Waals surface area contributed by atoms with Gasteiger partial charge in [0.25, 0.3) is 0 Å². The van der Waals surface area contributed by atoms with Crippen LogP contribution in [0.1, 0.15) is 45.4 Å². The summed E-state index contributed by atoms with van der Waals surface area (Å²) in [4.78, 5) is 14.6. The Morgan fingerprint density at radius 3 is 2.90 bits per heavy atom. The standard InChI is InChI=1S/C15H26N2O2.ClH/c1-2-12-10-17(7-8-19-12)15(18)14-9-11-5-3-4-6-13(11)16-14;/h11-14,16H,2-10H2,1H3;1H. The molecule has 2 saturated heterocycles. The molecule has 0 aromatic rings. The van der Waals surface area contributed by atoms with Gasteiger partial charge in [0.1, 0.15) is 0 Å². The van der Waals surface area contributed by atoms with Gasteiger partial charge in [0.05, 0.1) is 18.8 Å². The van der Waals surface area contributed by atoms with Crippen molar-refractivity contribution in [3.8, 4) is 0 Å². The van der Waals surface area contributed by atoms with E-state index in [0.717, 1.165) is 31.8 Å². The second-order valence-corrected chi connectivity index (χ2v) is 6.29. The molecule has 3 aliphatic rings. The highest BCUT2D eigenvalue weighted by molar-refractivity contribution is 5.85. The summed E-state index contributed by atoms with van der Waals surface area (Å²) < 4.78 is 5.65. The Kier molecular flexibility index (Phi) is 5.70. The van der Waals surface area contributed by atoms with E-state index in [-0.39, 0.29) is 24.6 Å². The molecule has 4 nitrogen and oxygen atoms in total. The van der Waals surface area contributed by atoms with Crippen LogP contribution in [0.3, 0.4) is 0 Å². The number of nitrogens with zero attached hydrogens (tertiary/aromatic N) is 1. The van der Waals surface area contributed by atoms with Crippen molar-refractivity contribution < 1.29 is 9.53 Å². The fourth-order valence-corrected chi connectivity index (χ4v) is 3.90. The summed E-state index contributed by atoms with van der Waals surface area (Å²) in [7, 11) is 0. The first-order valence-electron chi connectivity index (χ1n) is 7.94. The number of nitrogens with one attached hydrogen (secondary N) is 1. The van der Waals surface area contributed by atoms with E-state index in [1.165, 1.54) is 25.7 Å². The zero-order chi connectivity index (χ0) is 13.2. The summed E-state index contributed by atoms with van der Waals surface area (Å²) in [6.45, 7) is 4.37. The molecule has 0 aromatic carbocycles. The fourth-order valence-electron chi connectivity index (χ4n) is 3.90. The highest BCUT2D eigenvalue weighted by Gasteiger charge is 2.40. The minimum atomic E-state index is 0. The van der Waals surface area contributed by atoms with Gasteiger partial charge in [0.15, 0.2) is 0 Å². The molecule has 1 N–H and O–H groups in total. The summed E-state index contributed by atoms with van der Waals surface area (Å²) in [5.41, 5.74) is 0. The molecular weight excluding hydrogens is 276 g/mol. The van der Waals surface area contributed by atoms with Crippen LogP contribution in [0.25, 0.3) is 0 Å². The number of fused-ring (bicyclic) bond motifs is 1. The zero-order valence-electron chi connectivity index (χ0n) is 12.3. The van der Waals surface area contributed by atoms with Crippen LogP contribution >= 0.6 is 12.4 Å². The molecule has 5 heteroatoms. The van der Waals surface area contributed by atoms with E-state index in [0.29, 0.717) is 18.6 Å². The molecule has 0 spiro atoms. The molecule has 0 radical (unpaired) electrons. The van der Waals surface area contributed by atoms with Crippen LogP contribution in [0.15, 0.2) is 0 Å². The average Bonchev–Trinajstić information content (AvgIpc) is 2.90. The third-order valence-electron chi connectivity index (χ3n) is 5.07. The van der Waals surface area contributed by atoms with Crippen molar-refractivity contribution in [2.24, 2.45) is 5.92 Å². The summed E-state index contributed by atoms with van der Waals surface area (Å²) in [6.07, 6.45) is 7.52. The monoisotopic (exact) mass is 302 g/mol. The van der Waals surface area contributed by atoms with Gasteiger partial charge in [-0.15, -0.1) is 12.4 Å². The molecule has 116 valence electrons. The Labute approximate surface area is 128 Å². The highest BCUT2D eigenvalue weighted by atomic mass is 35.5. The molecule has 1 saturated carbocycles. The topological polar surface area (TPSA) is 41.6 Å². The van der Waals surface area contributed by atoms with Crippen molar-refractivity contribution in [2.45, 2.75) is 63.6 Å². The van der Waals surface area contributed by atoms with E-state index in [1.54, 1.807) is 0 Å². The van der Waals surface area contributed by atoms with E-state index >= 15 is 0 Å². The number of carbonyl (C=O) groups is 1. The van der Waals surface area contributed by atoms with Crippen LogP contribution < -0.4 is 5.32 Å². The Balaban J connectivity index is 0.00000147. The fraction of sp³-hybridized carbons (Fsp3) is 0.933. The number of ether oxygens (including phenoxy) is 1. The van der Waals surface area contributed by atoms with Gasteiger partial charge in [-0.1, -0.05) is 19.8 Å². The molecule has 1 aliphatic carbocycles. The summed E-state index contributed by atoms with van der Waals surface area (Å²) >= 11 is 0. The third kappa shape index (κ3) is 3.29. The summed E-state index contributed by atoms with van der Waals surface area (Å²) in [6, 6.07) is 0.675. The van der Waals surface area contributed by atoms with Crippen molar-refractivity contribution >= 4 is 18.3 Å². The predicted octanol–water partition coefficient (Wildman–Crippen LogP) is 1.97. The predicted molar refractivity (Wildman–Crippen MR) is 81.1 cm³/mol. The van der Waals surface area contributed by atoms with E-state index < -0.39 is 0 Å². The average molecular weight is 303 g/mol. The minimum Gasteiger partial charge on any atom is -0.375 e. The van der Waals surface area contributed by atoms with Crippen LogP contribution in [-0.4, -0.2) is 48.7 Å². The number of hydrogen-bond donors (Lipinski definition) is 1. The number of morpholine rings is 1. The Hall–Kier alpha value is -0.320. The molecule has 4 atom stereocenters. The molecule has 0 aromatic heterocycles. The van der Waals surface area contributed by atoms with E-state index in [1.807, 2.05) is 4.90 Å². The Bertz CT molecular complexity index is 326. The first-order chi connectivity index (χ1) is 9.28. The number of halogens is 1. The maximum absolute atomic E-state index is 12.6. The molecule has 0 bridgehead atoms. The van der Waals surface area contributed by atoms with Gasteiger partial charge in [-0.3, -0.25) is 4.79 Å². The van der Waals surface area contributed by atoms with Gasteiger partial charge in [0, 0.05) is 19.1 Å². The molecular formula is C15H27ClN2O2. The Morgan fingerprint density at radius 2 is 2.15 bits per heavy atom. The van der Waals surface area contributed by atoms with Gasteiger partial charge in [-0.2, -0.15) is 0 Å². The van der Waals surface area contributed by atoms with Gasteiger partial charge in [-0.05, 0) is 31.6 Å². The number of amides is 1. The molecule has 2 heterocycles. The van der Waals surface area contributed by atoms with Gasteiger partial charge in [-0.25, -0.2) is 0 Å². The first kappa shape index (κ1) is 16.1. The van der Waals surface area contributed by atoms with Gasteiger partial charge < -0.3 is 15.0 Å². The lowest BCUT2D eigenvalue weighted by molar-refractivity contribution is -0.140. The van der Waals surface area contributed by atoms with Crippen molar-refractivity contribution in [1.82, 2.24) is 10.2 Å². The van der Waals surface area contributed by atoms with Gasteiger partial charge in [0.2, 0.25) is 5.91 Å². The van der Waals surface area contributed by atoms with Crippen molar-refractivity contribution in [3.63, 3.8) is 0 Å².